The Morgan fingerprint density at radius 3 is 2.59 bits per heavy atom. The predicted molar refractivity (Wildman–Crippen MR) is 124 cm³/mol. The van der Waals surface area contributed by atoms with Crippen LogP contribution >= 0.6 is 0 Å². The number of amides is 1. The van der Waals surface area contributed by atoms with Crippen LogP contribution in [0.5, 0.6) is 5.75 Å². The Bertz CT molecular complexity index is 1210. The molecule has 2 heterocycles. The molecule has 1 aliphatic rings. The van der Waals surface area contributed by atoms with Gasteiger partial charge in [-0.2, -0.15) is 0 Å². The molecule has 0 bridgehead atoms. The lowest BCUT2D eigenvalue weighted by Gasteiger charge is -2.24. The molecule has 1 amide bonds. The molecule has 1 atom stereocenters. The summed E-state index contributed by atoms with van der Waals surface area (Å²) in [5, 5.41) is 12.2. The number of rotatable bonds is 7. The second-order valence-electron chi connectivity index (χ2n) is 8.08. The van der Waals surface area contributed by atoms with Gasteiger partial charge in [0.15, 0.2) is 0 Å². The minimum Gasteiger partial charge on any atom is -0.507 e. The summed E-state index contributed by atoms with van der Waals surface area (Å²) in [6.45, 7) is 4.97. The van der Waals surface area contributed by atoms with Crippen LogP contribution in [0.1, 0.15) is 43.9 Å². The maximum absolute atomic E-state index is 13.1. The van der Waals surface area contributed by atoms with Gasteiger partial charge >= 0.3 is 0 Å². The first kappa shape index (κ1) is 21.7. The maximum Gasteiger partial charge on any atom is 0.295 e. The first-order valence-corrected chi connectivity index (χ1v) is 11.0. The molecule has 3 aromatic rings. The first-order chi connectivity index (χ1) is 15.5. The van der Waals surface area contributed by atoms with Crippen molar-refractivity contribution in [3.63, 3.8) is 0 Å². The molecular formula is C26H28N2O4. The van der Waals surface area contributed by atoms with Crippen LogP contribution in [0.25, 0.3) is 16.7 Å². The average molecular weight is 433 g/mol. The van der Waals surface area contributed by atoms with Crippen LogP contribution in [0.4, 0.5) is 0 Å². The normalized spacial score (nSPS) is 18.0. The average Bonchev–Trinajstić information content (AvgIpc) is 3.26. The zero-order valence-electron chi connectivity index (χ0n) is 18.7. The van der Waals surface area contributed by atoms with E-state index in [-0.39, 0.29) is 11.3 Å². The van der Waals surface area contributed by atoms with Gasteiger partial charge in [0.1, 0.15) is 11.5 Å². The smallest absolute Gasteiger partial charge is 0.295 e. The van der Waals surface area contributed by atoms with Crippen LogP contribution < -0.4 is 4.74 Å². The fourth-order valence-electron chi connectivity index (χ4n) is 4.37. The zero-order valence-corrected chi connectivity index (χ0v) is 18.7. The number of likely N-dealkylation sites (tertiary alicyclic amines) is 1. The number of ether oxygens (including phenoxy) is 1. The number of para-hydroxylation sites is 1. The van der Waals surface area contributed by atoms with E-state index in [1.807, 2.05) is 62.0 Å². The molecule has 0 aliphatic carbocycles. The van der Waals surface area contributed by atoms with Crippen molar-refractivity contribution in [2.45, 2.75) is 32.7 Å². The topological polar surface area (TPSA) is 71.8 Å². The molecule has 2 aromatic carbocycles. The number of aliphatic hydroxyl groups is 1. The van der Waals surface area contributed by atoms with E-state index in [4.69, 9.17) is 4.74 Å². The molecule has 1 N–H and O–H groups in total. The largest absolute Gasteiger partial charge is 0.507 e. The quantitative estimate of drug-likeness (QED) is 0.331. The first-order valence-electron chi connectivity index (χ1n) is 11.0. The van der Waals surface area contributed by atoms with Crippen molar-refractivity contribution in [3.8, 4) is 5.75 Å². The van der Waals surface area contributed by atoms with Crippen molar-refractivity contribution in [1.82, 2.24) is 9.47 Å². The molecule has 4 rings (SSSR count). The number of benzene rings is 2. The summed E-state index contributed by atoms with van der Waals surface area (Å²) in [7, 11) is 1.94. The standard InChI is InChI=1S/C26H28N2O4/c1-4-13-28-23(20-16-27(3)21-12-7-6-11-19(20)21)22(25(30)26(28)31)24(29)17-9-8-10-18(15-17)32-14-5-2/h6-12,15-16,23,29H,4-5,13-14H2,1-3H3/b24-22+. The molecule has 1 aliphatic heterocycles. The highest BCUT2D eigenvalue weighted by Gasteiger charge is 2.46. The van der Waals surface area contributed by atoms with E-state index >= 15 is 0 Å². The summed E-state index contributed by atoms with van der Waals surface area (Å²) >= 11 is 0. The van der Waals surface area contributed by atoms with E-state index in [9.17, 15) is 14.7 Å². The summed E-state index contributed by atoms with van der Waals surface area (Å²) in [5.41, 5.74) is 2.40. The van der Waals surface area contributed by atoms with Crippen LogP contribution in [0.3, 0.4) is 0 Å². The van der Waals surface area contributed by atoms with Gasteiger partial charge in [0.05, 0.1) is 18.2 Å². The molecule has 1 aromatic heterocycles. The second-order valence-corrected chi connectivity index (χ2v) is 8.08. The number of Topliss-reactive ketones (excluding diaryl/α,β-unsaturated/α-hetero) is 1. The molecule has 166 valence electrons. The van der Waals surface area contributed by atoms with Gasteiger partial charge < -0.3 is 19.3 Å². The monoisotopic (exact) mass is 432 g/mol. The molecular weight excluding hydrogens is 404 g/mol. The lowest BCUT2D eigenvalue weighted by atomic mass is 9.95. The van der Waals surface area contributed by atoms with E-state index in [0.717, 1.165) is 22.9 Å². The Morgan fingerprint density at radius 2 is 1.84 bits per heavy atom. The summed E-state index contributed by atoms with van der Waals surface area (Å²) in [6, 6.07) is 14.2. The third-order valence-corrected chi connectivity index (χ3v) is 5.81. The van der Waals surface area contributed by atoms with Crippen molar-refractivity contribution < 1.29 is 19.4 Å². The van der Waals surface area contributed by atoms with Crippen molar-refractivity contribution in [2.75, 3.05) is 13.2 Å². The number of carbonyl (C=O) groups excluding carboxylic acids is 2. The second kappa shape index (κ2) is 8.91. The molecule has 1 saturated heterocycles. The summed E-state index contributed by atoms with van der Waals surface area (Å²) in [6.07, 6.45) is 3.51. The SMILES string of the molecule is CCCOc1cccc(/C(O)=C2\C(=O)C(=O)N(CCC)C2c2cn(C)c3ccccc23)c1. The Balaban J connectivity index is 1.90. The number of nitrogens with zero attached hydrogens (tertiary/aromatic N) is 2. The van der Waals surface area contributed by atoms with Crippen molar-refractivity contribution >= 4 is 28.4 Å². The molecule has 1 fully saturated rings. The molecule has 0 saturated carbocycles. The van der Waals surface area contributed by atoms with Crippen molar-refractivity contribution in [1.29, 1.82) is 0 Å². The number of hydrogen-bond acceptors (Lipinski definition) is 4. The molecule has 6 nitrogen and oxygen atoms in total. The highest BCUT2D eigenvalue weighted by atomic mass is 16.5. The molecule has 1 unspecified atom stereocenters. The van der Waals surface area contributed by atoms with Gasteiger partial charge in [-0.3, -0.25) is 9.59 Å². The van der Waals surface area contributed by atoms with Gasteiger partial charge in [-0.25, -0.2) is 0 Å². The zero-order chi connectivity index (χ0) is 22.8. The van der Waals surface area contributed by atoms with Crippen LogP contribution in [0, 0.1) is 0 Å². The lowest BCUT2D eigenvalue weighted by molar-refractivity contribution is -0.139. The fraction of sp³-hybridized carbons (Fsp3) is 0.308. The third kappa shape index (κ3) is 3.66. The van der Waals surface area contributed by atoms with Crippen molar-refractivity contribution in [3.05, 3.63) is 71.4 Å². The Kier molecular flexibility index (Phi) is 6.04. The lowest BCUT2D eigenvalue weighted by Crippen LogP contribution is -2.30. The summed E-state index contributed by atoms with van der Waals surface area (Å²) < 4.78 is 7.67. The van der Waals surface area contributed by atoms with E-state index < -0.39 is 17.7 Å². The van der Waals surface area contributed by atoms with Gasteiger partial charge in [-0.05, 0) is 31.0 Å². The number of hydrogen-bond donors (Lipinski definition) is 1. The Morgan fingerprint density at radius 1 is 1.06 bits per heavy atom. The minimum absolute atomic E-state index is 0.118. The number of ketones is 1. The highest BCUT2D eigenvalue weighted by Crippen LogP contribution is 2.42. The van der Waals surface area contributed by atoms with E-state index in [1.165, 1.54) is 0 Å². The summed E-state index contributed by atoms with van der Waals surface area (Å²) in [5.74, 6) is -0.805. The number of aliphatic hydroxyl groups excluding tert-OH is 1. The Labute approximate surface area is 187 Å². The minimum atomic E-state index is -0.659. The predicted octanol–water partition coefficient (Wildman–Crippen LogP) is 4.80. The molecule has 0 spiro atoms. The van der Waals surface area contributed by atoms with Gasteiger partial charge in [-0.1, -0.05) is 44.2 Å². The summed E-state index contributed by atoms with van der Waals surface area (Å²) in [4.78, 5) is 27.7. The van der Waals surface area contributed by atoms with Crippen molar-refractivity contribution in [2.24, 2.45) is 7.05 Å². The fourth-order valence-corrected chi connectivity index (χ4v) is 4.37. The van der Waals surface area contributed by atoms with Crippen LogP contribution in [-0.2, 0) is 16.6 Å². The maximum atomic E-state index is 13.1. The molecule has 6 heteroatoms. The number of carbonyl (C=O) groups is 2. The van der Waals surface area contributed by atoms with Gasteiger partial charge in [0, 0.05) is 41.8 Å². The van der Waals surface area contributed by atoms with Gasteiger partial charge in [0.25, 0.3) is 11.7 Å². The highest BCUT2D eigenvalue weighted by molar-refractivity contribution is 6.46. The third-order valence-electron chi connectivity index (χ3n) is 5.81. The number of aryl methyl sites for hydroxylation is 1. The van der Waals surface area contributed by atoms with Gasteiger partial charge in [-0.15, -0.1) is 0 Å². The number of fused-ring (bicyclic) bond motifs is 1. The van der Waals surface area contributed by atoms with E-state index in [2.05, 4.69) is 0 Å². The van der Waals surface area contributed by atoms with E-state index in [0.29, 0.717) is 30.9 Å². The molecule has 0 radical (unpaired) electrons. The van der Waals surface area contributed by atoms with Gasteiger partial charge in [0.2, 0.25) is 0 Å². The number of aromatic nitrogens is 1. The van der Waals surface area contributed by atoms with Crippen LogP contribution in [0.15, 0.2) is 60.3 Å². The van der Waals surface area contributed by atoms with E-state index in [1.54, 1.807) is 23.1 Å². The molecule has 32 heavy (non-hydrogen) atoms. The van der Waals surface area contributed by atoms with Crippen LogP contribution in [0.2, 0.25) is 0 Å². The Hall–Kier alpha value is -3.54. The van der Waals surface area contributed by atoms with Crippen LogP contribution in [-0.4, -0.2) is 39.4 Å².